The van der Waals surface area contributed by atoms with Crippen LogP contribution in [0.4, 0.5) is 0 Å². The zero-order chi connectivity index (χ0) is 10.3. The lowest BCUT2D eigenvalue weighted by atomic mass is 10.0. The predicted octanol–water partition coefficient (Wildman–Crippen LogP) is 2.81. The summed E-state index contributed by atoms with van der Waals surface area (Å²) in [7, 11) is 0. The van der Waals surface area contributed by atoms with E-state index in [0.717, 1.165) is 25.3 Å². The first kappa shape index (κ1) is 9.67. The average molecular weight is 268 g/mol. The molecule has 3 rings (SSSR count). The maximum Gasteiger partial charge on any atom is 0.127 e. The highest BCUT2D eigenvalue weighted by Gasteiger charge is 2.25. The minimum atomic E-state index is 0.495. The molecule has 3 heteroatoms. The second-order valence-corrected chi connectivity index (χ2v) is 5.15. The van der Waals surface area contributed by atoms with Gasteiger partial charge in [-0.15, -0.1) is 0 Å². The van der Waals surface area contributed by atoms with Crippen molar-refractivity contribution in [1.82, 2.24) is 5.32 Å². The molecule has 1 unspecified atom stereocenters. The number of rotatable bonds is 1. The molecule has 1 fully saturated rings. The molecule has 2 heterocycles. The van der Waals surface area contributed by atoms with Gasteiger partial charge in [0.05, 0.1) is 6.61 Å². The summed E-state index contributed by atoms with van der Waals surface area (Å²) in [4.78, 5) is 0. The molecule has 0 saturated carbocycles. The molecule has 2 aliphatic rings. The highest BCUT2D eigenvalue weighted by molar-refractivity contribution is 9.10. The third kappa shape index (κ3) is 1.68. The maximum atomic E-state index is 5.74. The molecule has 2 nitrogen and oxygen atoms in total. The third-order valence-electron chi connectivity index (χ3n) is 3.21. The normalized spacial score (nSPS) is 23.9. The molecule has 1 aromatic carbocycles. The maximum absolute atomic E-state index is 5.74. The Labute approximate surface area is 98.1 Å². The topological polar surface area (TPSA) is 21.3 Å². The van der Waals surface area contributed by atoms with Crippen LogP contribution in [0.15, 0.2) is 16.6 Å². The zero-order valence-electron chi connectivity index (χ0n) is 8.55. The van der Waals surface area contributed by atoms with Gasteiger partial charge < -0.3 is 10.1 Å². The van der Waals surface area contributed by atoms with Crippen molar-refractivity contribution in [3.05, 3.63) is 27.7 Å². The van der Waals surface area contributed by atoms with Crippen LogP contribution in [0.3, 0.4) is 0 Å². The van der Waals surface area contributed by atoms with E-state index in [1.54, 1.807) is 0 Å². The van der Waals surface area contributed by atoms with E-state index in [1.807, 2.05) is 0 Å². The lowest BCUT2D eigenvalue weighted by Crippen LogP contribution is -2.13. The van der Waals surface area contributed by atoms with Crippen LogP contribution in [0.1, 0.15) is 30.0 Å². The largest absolute Gasteiger partial charge is 0.493 e. The number of benzene rings is 1. The van der Waals surface area contributed by atoms with E-state index in [0.29, 0.717) is 6.04 Å². The van der Waals surface area contributed by atoms with Gasteiger partial charge in [0.1, 0.15) is 5.75 Å². The fourth-order valence-corrected chi connectivity index (χ4v) is 3.03. The van der Waals surface area contributed by atoms with Gasteiger partial charge in [0.25, 0.3) is 0 Å². The Hall–Kier alpha value is -0.540. The van der Waals surface area contributed by atoms with Crippen LogP contribution in [-0.2, 0) is 6.42 Å². The van der Waals surface area contributed by atoms with E-state index < -0.39 is 0 Å². The molecule has 0 amide bonds. The molecule has 1 atom stereocenters. The second-order valence-electron chi connectivity index (χ2n) is 4.23. The fraction of sp³-hybridized carbons (Fsp3) is 0.500. The Kier molecular flexibility index (Phi) is 2.45. The van der Waals surface area contributed by atoms with Crippen LogP contribution in [0.5, 0.6) is 5.75 Å². The van der Waals surface area contributed by atoms with Gasteiger partial charge in [0.15, 0.2) is 0 Å². The van der Waals surface area contributed by atoms with Crippen LogP contribution in [0, 0.1) is 0 Å². The molecule has 0 bridgehead atoms. The first-order valence-corrected chi connectivity index (χ1v) is 6.32. The van der Waals surface area contributed by atoms with Crippen molar-refractivity contribution in [3.63, 3.8) is 0 Å². The summed E-state index contributed by atoms with van der Waals surface area (Å²) in [5.41, 5.74) is 2.70. The highest BCUT2D eigenvalue weighted by atomic mass is 79.9. The minimum Gasteiger partial charge on any atom is -0.493 e. The van der Waals surface area contributed by atoms with Crippen LogP contribution in [0.25, 0.3) is 0 Å². The van der Waals surface area contributed by atoms with Gasteiger partial charge >= 0.3 is 0 Å². The monoisotopic (exact) mass is 267 g/mol. The lowest BCUT2D eigenvalue weighted by Gasteiger charge is -2.15. The van der Waals surface area contributed by atoms with E-state index in [4.69, 9.17) is 4.74 Å². The average Bonchev–Trinajstić information content (AvgIpc) is 2.86. The van der Waals surface area contributed by atoms with Crippen LogP contribution >= 0.6 is 15.9 Å². The number of hydrogen-bond acceptors (Lipinski definition) is 2. The molecule has 1 aromatic rings. The van der Waals surface area contributed by atoms with Gasteiger partial charge in [-0.05, 0) is 37.1 Å². The molecule has 1 saturated heterocycles. The van der Waals surface area contributed by atoms with Crippen LogP contribution < -0.4 is 10.1 Å². The summed E-state index contributed by atoms with van der Waals surface area (Å²) in [6, 6.07) is 4.88. The van der Waals surface area contributed by atoms with Gasteiger partial charge in [-0.25, -0.2) is 0 Å². The number of fused-ring (bicyclic) bond motifs is 1. The van der Waals surface area contributed by atoms with Crippen molar-refractivity contribution in [2.45, 2.75) is 25.3 Å². The Bertz CT molecular complexity index is 385. The Morgan fingerprint density at radius 3 is 3.13 bits per heavy atom. The second kappa shape index (κ2) is 3.80. The highest BCUT2D eigenvalue weighted by Crippen LogP contribution is 2.38. The molecule has 2 aliphatic heterocycles. The van der Waals surface area contributed by atoms with Gasteiger partial charge in [0.2, 0.25) is 0 Å². The molecule has 15 heavy (non-hydrogen) atoms. The van der Waals surface area contributed by atoms with Crippen molar-refractivity contribution in [2.24, 2.45) is 0 Å². The van der Waals surface area contributed by atoms with Crippen LogP contribution in [-0.4, -0.2) is 13.2 Å². The Morgan fingerprint density at radius 1 is 1.40 bits per heavy atom. The predicted molar refractivity (Wildman–Crippen MR) is 63.3 cm³/mol. The van der Waals surface area contributed by atoms with E-state index in [2.05, 4.69) is 33.4 Å². The quantitative estimate of drug-likeness (QED) is 0.845. The Balaban J connectivity index is 2.05. The molecule has 0 aliphatic carbocycles. The zero-order valence-corrected chi connectivity index (χ0v) is 10.1. The number of halogens is 1. The number of ether oxygens (including phenoxy) is 1. The van der Waals surface area contributed by atoms with Crippen molar-refractivity contribution < 1.29 is 4.74 Å². The van der Waals surface area contributed by atoms with Crippen molar-refractivity contribution in [3.8, 4) is 5.75 Å². The number of nitrogens with one attached hydrogen (secondary N) is 1. The summed E-state index contributed by atoms with van der Waals surface area (Å²) in [5.74, 6) is 1.14. The standard InChI is InChI=1S/C12H14BrNO/c13-9-6-8-3-5-15-12(8)10(7-9)11-2-1-4-14-11/h6-7,11,14H,1-5H2. The van der Waals surface area contributed by atoms with Crippen molar-refractivity contribution in [1.29, 1.82) is 0 Å². The smallest absolute Gasteiger partial charge is 0.127 e. The van der Waals surface area contributed by atoms with Gasteiger partial charge in [-0.3, -0.25) is 0 Å². The molecular formula is C12H14BrNO. The first-order valence-electron chi connectivity index (χ1n) is 5.53. The summed E-state index contributed by atoms with van der Waals surface area (Å²) >= 11 is 3.58. The van der Waals surface area contributed by atoms with E-state index in [9.17, 15) is 0 Å². The first-order chi connectivity index (χ1) is 7.34. The molecular weight excluding hydrogens is 254 g/mol. The SMILES string of the molecule is Brc1cc2c(c(C3CCCN3)c1)OCC2. The van der Waals surface area contributed by atoms with E-state index in [-0.39, 0.29) is 0 Å². The summed E-state index contributed by atoms with van der Waals surface area (Å²) in [6.07, 6.45) is 3.55. The van der Waals surface area contributed by atoms with E-state index >= 15 is 0 Å². The van der Waals surface area contributed by atoms with E-state index in [1.165, 1.54) is 28.4 Å². The van der Waals surface area contributed by atoms with Gasteiger partial charge in [0, 0.05) is 22.5 Å². The summed E-state index contributed by atoms with van der Waals surface area (Å²) in [6.45, 7) is 1.97. The Morgan fingerprint density at radius 2 is 2.33 bits per heavy atom. The molecule has 0 spiro atoms. The van der Waals surface area contributed by atoms with Crippen LogP contribution in [0.2, 0.25) is 0 Å². The third-order valence-corrected chi connectivity index (χ3v) is 3.67. The van der Waals surface area contributed by atoms with Crippen molar-refractivity contribution in [2.75, 3.05) is 13.2 Å². The number of hydrogen-bond donors (Lipinski definition) is 1. The lowest BCUT2D eigenvalue weighted by molar-refractivity contribution is 0.350. The fourth-order valence-electron chi connectivity index (χ4n) is 2.51. The summed E-state index contributed by atoms with van der Waals surface area (Å²) < 4.78 is 6.91. The molecule has 0 aromatic heterocycles. The molecule has 80 valence electrons. The van der Waals surface area contributed by atoms with Gasteiger partial charge in [-0.1, -0.05) is 15.9 Å². The minimum absolute atomic E-state index is 0.495. The van der Waals surface area contributed by atoms with Crippen molar-refractivity contribution >= 4 is 15.9 Å². The molecule has 0 radical (unpaired) electrons. The summed E-state index contributed by atoms with van der Waals surface area (Å²) in [5, 5.41) is 3.53. The van der Waals surface area contributed by atoms with Gasteiger partial charge in [-0.2, -0.15) is 0 Å². The molecule has 1 N–H and O–H groups in total.